The van der Waals surface area contributed by atoms with Crippen LogP contribution in [0.25, 0.3) is 0 Å². The lowest BCUT2D eigenvalue weighted by atomic mass is 10.1. The Bertz CT molecular complexity index is 952. The van der Waals surface area contributed by atoms with Crippen LogP contribution in [0.2, 0.25) is 0 Å². The molecule has 0 spiro atoms. The molecule has 1 aliphatic rings. The molecule has 1 saturated heterocycles. The van der Waals surface area contributed by atoms with Gasteiger partial charge in [0.1, 0.15) is 5.75 Å². The molecule has 0 saturated carbocycles. The van der Waals surface area contributed by atoms with Gasteiger partial charge >= 0.3 is 6.01 Å². The monoisotopic (exact) mass is 374 g/mol. The Morgan fingerprint density at radius 1 is 1.04 bits per heavy atom. The molecule has 3 aromatic rings. The summed E-state index contributed by atoms with van der Waals surface area (Å²) in [4.78, 5) is 23.3. The van der Waals surface area contributed by atoms with Crippen molar-refractivity contribution in [1.29, 1.82) is 0 Å². The van der Waals surface area contributed by atoms with Crippen LogP contribution >= 0.6 is 0 Å². The first-order chi connectivity index (χ1) is 13.7. The number of nitrogens with zero attached hydrogens (tertiary/aromatic N) is 3. The first kappa shape index (κ1) is 18.0. The highest BCUT2D eigenvalue weighted by atomic mass is 16.5. The highest BCUT2D eigenvalue weighted by molar-refractivity contribution is 6.08. The topological polar surface area (TPSA) is 67.4 Å². The Morgan fingerprint density at radius 3 is 2.46 bits per heavy atom. The number of rotatable bonds is 5. The molecule has 0 aliphatic carbocycles. The van der Waals surface area contributed by atoms with Gasteiger partial charge in [-0.3, -0.25) is 4.79 Å². The lowest BCUT2D eigenvalue weighted by molar-refractivity contribution is 0.102. The van der Waals surface area contributed by atoms with Crippen LogP contribution in [0.5, 0.6) is 11.8 Å². The van der Waals surface area contributed by atoms with Crippen LogP contribution < -0.4 is 15.0 Å². The molecule has 6 nitrogen and oxygen atoms in total. The molecule has 0 unspecified atom stereocenters. The van der Waals surface area contributed by atoms with E-state index in [1.54, 1.807) is 30.6 Å². The zero-order valence-corrected chi connectivity index (χ0v) is 15.8. The van der Waals surface area contributed by atoms with Gasteiger partial charge in [-0.1, -0.05) is 11.6 Å². The van der Waals surface area contributed by atoms with Gasteiger partial charge in [0.25, 0.3) is 5.91 Å². The largest absolute Gasteiger partial charge is 0.424 e. The standard InChI is InChI=1S/C22H22N4O2/c1-16-5-10-20(26-13-2-3-14-26)19(15-16)21(27)25-17-6-8-18(9-7-17)28-22-23-11-4-12-24-22/h4-12,15H,2-3,13-14H2,1H3,(H,25,27). The minimum atomic E-state index is -0.106. The summed E-state index contributed by atoms with van der Waals surface area (Å²) >= 11 is 0. The summed E-state index contributed by atoms with van der Waals surface area (Å²) < 4.78 is 5.58. The molecule has 0 atom stereocenters. The van der Waals surface area contributed by atoms with Gasteiger partial charge in [0, 0.05) is 36.9 Å². The SMILES string of the molecule is Cc1ccc(N2CCCC2)c(C(=O)Nc2ccc(Oc3ncccn3)cc2)c1. The van der Waals surface area contributed by atoms with Gasteiger partial charge < -0.3 is 15.0 Å². The first-order valence-corrected chi connectivity index (χ1v) is 9.41. The lowest BCUT2D eigenvalue weighted by Crippen LogP contribution is -2.23. The van der Waals surface area contributed by atoms with E-state index >= 15 is 0 Å². The molecular weight excluding hydrogens is 352 g/mol. The third-order valence-electron chi connectivity index (χ3n) is 4.71. The molecular formula is C22H22N4O2. The van der Waals surface area contributed by atoms with Crippen molar-refractivity contribution in [3.63, 3.8) is 0 Å². The Hall–Kier alpha value is -3.41. The number of benzene rings is 2. The molecule has 1 aromatic heterocycles. The van der Waals surface area contributed by atoms with E-state index in [1.165, 1.54) is 12.8 Å². The van der Waals surface area contributed by atoms with E-state index in [0.717, 1.165) is 24.3 Å². The van der Waals surface area contributed by atoms with Gasteiger partial charge in [-0.2, -0.15) is 0 Å². The van der Waals surface area contributed by atoms with Gasteiger partial charge in [-0.05, 0) is 62.2 Å². The van der Waals surface area contributed by atoms with E-state index in [-0.39, 0.29) is 11.9 Å². The fourth-order valence-corrected chi connectivity index (χ4v) is 3.31. The molecule has 0 radical (unpaired) electrons. The van der Waals surface area contributed by atoms with Gasteiger partial charge in [0.2, 0.25) is 0 Å². The van der Waals surface area contributed by atoms with Gasteiger partial charge in [-0.25, -0.2) is 9.97 Å². The number of carbonyl (C=O) groups is 1. The maximum absolute atomic E-state index is 12.9. The summed E-state index contributed by atoms with van der Waals surface area (Å²) in [7, 11) is 0. The van der Waals surface area contributed by atoms with Crippen molar-refractivity contribution in [2.24, 2.45) is 0 Å². The van der Waals surface area contributed by atoms with Crippen LogP contribution in [-0.2, 0) is 0 Å². The summed E-state index contributed by atoms with van der Waals surface area (Å²) in [5.74, 6) is 0.503. The zero-order chi connectivity index (χ0) is 19.3. The number of nitrogens with one attached hydrogen (secondary N) is 1. The van der Waals surface area contributed by atoms with Crippen molar-refractivity contribution in [2.45, 2.75) is 19.8 Å². The molecule has 1 N–H and O–H groups in total. The summed E-state index contributed by atoms with van der Waals surface area (Å²) in [5, 5.41) is 2.99. The van der Waals surface area contributed by atoms with Crippen LogP contribution in [0, 0.1) is 6.92 Å². The van der Waals surface area contributed by atoms with Crippen molar-refractivity contribution in [2.75, 3.05) is 23.3 Å². The van der Waals surface area contributed by atoms with Crippen molar-refractivity contribution in [3.8, 4) is 11.8 Å². The molecule has 1 fully saturated rings. The van der Waals surface area contributed by atoms with E-state index < -0.39 is 0 Å². The predicted molar refractivity (Wildman–Crippen MR) is 109 cm³/mol. The fraction of sp³-hybridized carbons (Fsp3) is 0.227. The highest BCUT2D eigenvalue weighted by Crippen LogP contribution is 2.27. The van der Waals surface area contributed by atoms with Crippen LogP contribution in [0.1, 0.15) is 28.8 Å². The zero-order valence-electron chi connectivity index (χ0n) is 15.8. The van der Waals surface area contributed by atoms with Gasteiger partial charge in [-0.15, -0.1) is 0 Å². The normalized spacial score (nSPS) is 13.4. The number of hydrogen-bond acceptors (Lipinski definition) is 5. The second-order valence-electron chi connectivity index (χ2n) is 6.83. The van der Waals surface area contributed by atoms with E-state index in [4.69, 9.17) is 4.74 Å². The second-order valence-corrected chi connectivity index (χ2v) is 6.83. The van der Waals surface area contributed by atoms with E-state index in [0.29, 0.717) is 17.0 Å². The van der Waals surface area contributed by atoms with Crippen molar-refractivity contribution in [3.05, 3.63) is 72.1 Å². The predicted octanol–water partition coefficient (Wildman–Crippen LogP) is 4.43. The number of ether oxygens (including phenoxy) is 1. The van der Waals surface area contributed by atoms with E-state index in [9.17, 15) is 4.79 Å². The lowest BCUT2D eigenvalue weighted by Gasteiger charge is -2.21. The molecule has 2 aromatic carbocycles. The number of aryl methyl sites for hydroxylation is 1. The third kappa shape index (κ3) is 4.11. The Balaban J connectivity index is 1.48. The maximum atomic E-state index is 12.9. The third-order valence-corrected chi connectivity index (χ3v) is 4.71. The van der Waals surface area contributed by atoms with Crippen molar-refractivity contribution in [1.82, 2.24) is 9.97 Å². The van der Waals surface area contributed by atoms with Crippen LogP contribution in [0.15, 0.2) is 60.9 Å². The number of hydrogen-bond donors (Lipinski definition) is 1. The Kier molecular flexibility index (Phi) is 5.19. The average molecular weight is 374 g/mol. The number of amides is 1. The minimum absolute atomic E-state index is 0.106. The molecule has 0 bridgehead atoms. The fourth-order valence-electron chi connectivity index (χ4n) is 3.31. The molecule has 6 heteroatoms. The minimum Gasteiger partial charge on any atom is -0.424 e. The molecule has 142 valence electrons. The summed E-state index contributed by atoms with van der Waals surface area (Å²) in [6.45, 7) is 4.00. The molecule has 1 amide bonds. The van der Waals surface area contributed by atoms with Crippen LogP contribution in [0.3, 0.4) is 0 Å². The highest BCUT2D eigenvalue weighted by Gasteiger charge is 2.19. The molecule has 1 aliphatic heterocycles. The Labute approximate surface area is 164 Å². The smallest absolute Gasteiger partial charge is 0.321 e. The first-order valence-electron chi connectivity index (χ1n) is 9.41. The summed E-state index contributed by atoms with van der Waals surface area (Å²) in [6, 6.07) is 15.2. The second kappa shape index (κ2) is 8.08. The van der Waals surface area contributed by atoms with Crippen LogP contribution in [0.4, 0.5) is 11.4 Å². The van der Waals surface area contributed by atoms with Crippen molar-refractivity contribution >= 4 is 17.3 Å². The van der Waals surface area contributed by atoms with E-state index in [1.807, 2.05) is 31.2 Å². The number of anilines is 2. The van der Waals surface area contributed by atoms with Gasteiger partial charge in [0.15, 0.2) is 0 Å². The number of carbonyl (C=O) groups excluding carboxylic acids is 1. The molecule has 4 rings (SSSR count). The van der Waals surface area contributed by atoms with Gasteiger partial charge in [0.05, 0.1) is 5.56 Å². The number of aromatic nitrogens is 2. The molecule has 2 heterocycles. The van der Waals surface area contributed by atoms with Crippen molar-refractivity contribution < 1.29 is 9.53 Å². The maximum Gasteiger partial charge on any atom is 0.321 e. The summed E-state index contributed by atoms with van der Waals surface area (Å²) in [6.07, 6.45) is 5.58. The summed E-state index contributed by atoms with van der Waals surface area (Å²) in [5.41, 5.74) is 3.49. The van der Waals surface area contributed by atoms with E-state index in [2.05, 4.69) is 26.3 Å². The Morgan fingerprint density at radius 2 is 1.75 bits per heavy atom. The molecule has 28 heavy (non-hydrogen) atoms. The van der Waals surface area contributed by atoms with Crippen LogP contribution in [-0.4, -0.2) is 29.0 Å². The quantitative estimate of drug-likeness (QED) is 0.716. The average Bonchev–Trinajstić information content (AvgIpc) is 3.25.